The molecule has 9 heteroatoms. The van der Waals surface area contributed by atoms with Crippen molar-refractivity contribution in [3.05, 3.63) is 73.1 Å². The Kier molecular flexibility index (Phi) is 7.28. The van der Waals surface area contributed by atoms with Gasteiger partial charge in [-0.15, -0.1) is 0 Å². The van der Waals surface area contributed by atoms with Crippen molar-refractivity contribution in [3.8, 4) is 28.5 Å². The molecule has 0 spiro atoms. The number of hydrogen-bond acceptors (Lipinski definition) is 7. The highest BCUT2D eigenvalue weighted by Gasteiger charge is 2.32. The van der Waals surface area contributed by atoms with Crippen LogP contribution in [0, 0.1) is 0 Å². The number of nitrogens with two attached hydrogens (primary N) is 1. The molecule has 0 bridgehead atoms. The van der Waals surface area contributed by atoms with Crippen LogP contribution in [0.25, 0.3) is 22.2 Å². The molecule has 9 nitrogen and oxygen atoms in total. The van der Waals surface area contributed by atoms with E-state index in [1.54, 1.807) is 13.2 Å². The second-order valence-corrected chi connectivity index (χ2v) is 9.54. The number of nitrogen functional groups attached to an aromatic ring is 1. The molecule has 1 aliphatic rings. The molecule has 1 amide bonds. The van der Waals surface area contributed by atoms with E-state index in [0.29, 0.717) is 37.0 Å². The fourth-order valence-corrected chi connectivity index (χ4v) is 4.88. The van der Waals surface area contributed by atoms with Crippen molar-refractivity contribution in [1.29, 1.82) is 0 Å². The quantitative estimate of drug-likeness (QED) is 0.350. The summed E-state index contributed by atoms with van der Waals surface area (Å²) in [6.07, 6.45) is 5.78. The average molecular weight is 513 g/mol. The predicted octanol–water partition coefficient (Wildman–Crippen LogP) is 4.37. The van der Waals surface area contributed by atoms with Gasteiger partial charge >= 0.3 is 0 Å². The molecule has 1 fully saturated rings. The van der Waals surface area contributed by atoms with Crippen molar-refractivity contribution in [1.82, 2.24) is 24.3 Å². The van der Waals surface area contributed by atoms with E-state index in [2.05, 4.69) is 14.5 Å². The Morgan fingerprint density at radius 1 is 1.11 bits per heavy atom. The lowest BCUT2D eigenvalue weighted by Gasteiger charge is -2.18. The van der Waals surface area contributed by atoms with Gasteiger partial charge in [0.05, 0.1) is 24.1 Å². The Bertz CT molecular complexity index is 1450. The van der Waals surface area contributed by atoms with E-state index in [9.17, 15) is 4.79 Å². The van der Waals surface area contributed by atoms with Crippen molar-refractivity contribution in [2.45, 2.75) is 12.5 Å². The van der Waals surface area contributed by atoms with E-state index in [1.165, 1.54) is 6.33 Å². The number of carbonyl (C=O) groups excluding carboxylic acids is 1. The van der Waals surface area contributed by atoms with Gasteiger partial charge in [-0.1, -0.05) is 36.4 Å². The minimum absolute atomic E-state index is 0.00754. The molecule has 1 atom stereocenters. The van der Waals surface area contributed by atoms with E-state index in [-0.39, 0.29) is 11.9 Å². The van der Waals surface area contributed by atoms with Gasteiger partial charge in [-0.05, 0) is 50.3 Å². The summed E-state index contributed by atoms with van der Waals surface area (Å²) < 4.78 is 14.0. The van der Waals surface area contributed by atoms with Crippen LogP contribution in [0.3, 0.4) is 0 Å². The molecule has 0 radical (unpaired) electrons. The largest absolute Gasteiger partial charge is 0.482 e. The van der Waals surface area contributed by atoms with Crippen LogP contribution < -0.4 is 15.2 Å². The summed E-state index contributed by atoms with van der Waals surface area (Å²) in [6, 6.07) is 17.4. The molecule has 2 aromatic carbocycles. The molecule has 4 aromatic rings. The van der Waals surface area contributed by atoms with Crippen LogP contribution in [0.1, 0.15) is 12.5 Å². The Morgan fingerprint density at radius 2 is 1.84 bits per heavy atom. The number of nitrogens with zero attached hydrogens (tertiary/aromatic N) is 5. The number of likely N-dealkylation sites (tertiary alicyclic amines) is 1. The van der Waals surface area contributed by atoms with E-state index < -0.39 is 0 Å². The summed E-state index contributed by atoms with van der Waals surface area (Å²) in [4.78, 5) is 25.5. The van der Waals surface area contributed by atoms with Gasteiger partial charge < -0.3 is 25.0 Å². The minimum Gasteiger partial charge on any atom is -0.482 e. The van der Waals surface area contributed by atoms with E-state index in [0.717, 1.165) is 34.4 Å². The highest BCUT2D eigenvalue weighted by atomic mass is 16.5. The first-order valence-corrected chi connectivity index (χ1v) is 12.6. The fraction of sp³-hybridized carbons (Fsp3) is 0.276. The summed E-state index contributed by atoms with van der Waals surface area (Å²) in [5, 5.41) is 0.733. The van der Waals surface area contributed by atoms with Crippen LogP contribution in [0.4, 0.5) is 5.82 Å². The van der Waals surface area contributed by atoms with Gasteiger partial charge in [-0.25, -0.2) is 9.97 Å². The summed E-state index contributed by atoms with van der Waals surface area (Å²) in [5.74, 6) is 2.52. The molecule has 38 heavy (non-hydrogen) atoms. The highest BCUT2D eigenvalue weighted by molar-refractivity contribution is 6.04. The topological polar surface area (TPSA) is 98.7 Å². The summed E-state index contributed by atoms with van der Waals surface area (Å²) in [6.45, 7) is 1.92. The number of aromatic nitrogens is 3. The third-order valence-corrected chi connectivity index (χ3v) is 6.65. The van der Waals surface area contributed by atoms with Gasteiger partial charge in [0, 0.05) is 25.7 Å². The number of likely N-dealkylation sites (N-methyl/N-ethyl adjacent to an activating group) is 1. The van der Waals surface area contributed by atoms with Crippen LogP contribution in [0.2, 0.25) is 0 Å². The van der Waals surface area contributed by atoms with Crippen LogP contribution in [-0.2, 0) is 4.79 Å². The lowest BCUT2D eigenvalue weighted by molar-refractivity contribution is -0.125. The van der Waals surface area contributed by atoms with Gasteiger partial charge in [0.15, 0.2) is 0 Å². The van der Waals surface area contributed by atoms with Crippen molar-refractivity contribution in [2.24, 2.45) is 0 Å². The number of fused-ring (bicyclic) bond motifs is 1. The number of hydrogen-bond donors (Lipinski definition) is 1. The molecule has 0 saturated carbocycles. The number of amides is 1. The SMILES string of the molecule is COc1c(-c2ccc(Oc3ccccc3)cc2)c2c(N)ncnc2n1[C@@H]1CCN(C(=O)C=CCN(C)C)C1. The van der Waals surface area contributed by atoms with Crippen molar-refractivity contribution >= 4 is 22.8 Å². The zero-order chi connectivity index (χ0) is 26.6. The van der Waals surface area contributed by atoms with Gasteiger partial charge in [0.2, 0.25) is 11.8 Å². The van der Waals surface area contributed by atoms with Gasteiger partial charge in [-0.3, -0.25) is 9.36 Å². The molecule has 1 aliphatic heterocycles. The zero-order valence-corrected chi connectivity index (χ0v) is 21.9. The molecule has 0 unspecified atom stereocenters. The molecule has 0 aliphatic carbocycles. The van der Waals surface area contributed by atoms with Crippen molar-refractivity contribution in [2.75, 3.05) is 46.6 Å². The van der Waals surface area contributed by atoms with Crippen LogP contribution in [0.15, 0.2) is 73.1 Å². The molecular weight excluding hydrogens is 480 g/mol. The van der Waals surface area contributed by atoms with Crippen LogP contribution in [0.5, 0.6) is 17.4 Å². The zero-order valence-electron chi connectivity index (χ0n) is 21.9. The number of rotatable bonds is 8. The van der Waals surface area contributed by atoms with Crippen LogP contribution in [-0.4, -0.2) is 71.1 Å². The van der Waals surface area contributed by atoms with Gasteiger partial charge in [0.25, 0.3) is 0 Å². The van der Waals surface area contributed by atoms with E-state index >= 15 is 0 Å². The second kappa shape index (κ2) is 10.9. The second-order valence-electron chi connectivity index (χ2n) is 9.54. The predicted molar refractivity (Wildman–Crippen MR) is 148 cm³/mol. The first-order chi connectivity index (χ1) is 18.5. The number of benzene rings is 2. The third kappa shape index (κ3) is 5.05. The number of carbonyl (C=O) groups is 1. The van der Waals surface area contributed by atoms with Gasteiger partial charge in [-0.2, -0.15) is 0 Å². The smallest absolute Gasteiger partial charge is 0.246 e. The summed E-state index contributed by atoms with van der Waals surface area (Å²) in [7, 11) is 5.59. The first kappa shape index (κ1) is 25.3. The van der Waals surface area contributed by atoms with Gasteiger partial charge in [0.1, 0.15) is 29.3 Å². The molecule has 5 rings (SSSR count). The van der Waals surface area contributed by atoms with Crippen molar-refractivity contribution in [3.63, 3.8) is 0 Å². The molecule has 2 N–H and O–H groups in total. The lowest BCUT2D eigenvalue weighted by Crippen LogP contribution is -2.27. The van der Waals surface area contributed by atoms with Crippen LogP contribution >= 0.6 is 0 Å². The summed E-state index contributed by atoms with van der Waals surface area (Å²) >= 11 is 0. The number of para-hydroxylation sites is 1. The summed E-state index contributed by atoms with van der Waals surface area (Å²) in [5.41, 5.74) is 8.81. The normalized spacial score (nSPS) is 15.6. The Morgan fingerprint density at radius 3 is 2.55 bits per heavy atom. The number of anilines is 1. The molecule has 1 saturated heterocycles. The van der Waals surface area contributed by atoms with E-state index in [1.807, 2.05) is 84.6 Å². The minimum atomic E-state index is -0.0117. The van der Waals surface area contributed by atoms with Crippen molar-refractivity contribution < 1.29 is 14.3 Å². The van der Waals surface area contributed by atoms with E-state index in [4.69, 9.17) is 15.2 Å². The maximum absolute atomic E-state index is 12.8. The third-order valence-electron chi connectivity index (χ3n) is 6.65. The first-order valence-electron chi connectivity index (χ1n) is 12.6. The Hall–Kier alpha value is -4.37. The molecule has 196 valence electrons. The Balaban J connectivity index is 1.48. The fourth-order valence-electron chi connectivity index (χ4n) is 4.88. The number of methoxy groups -OCH3 is 1. The standard InChI is InChI=1S/C29H32N6O3/c1-33(2)16-7-10-24(36)34-17-15-21(18-34)35-28-26(27(30)31-19-32-28)25(29(35)37-3)20-11-13-23(14-12-20)38-22-8-5-4-6-9-22/h4-14,19,21H,15-18H2,1-3H3,(H2,30,31,32)/t21-/m1/s1. The Labute approximate surface area is 222 Å². The lowest BCUT2D eigenvalue weighted by atomic mass is 10.1. The highest BCUT2D eigenvalue weighted by Crippen LogP contribution is 2.45. The molecule has 2 aromatic heterocycles. The molecular formula is C29H32N6O3. The maximum Gasteiger partial charge on any atom is 0.246 e. The molecule has 3 heterocycles. The monoisotopic (exact) mass is 512 g/mol. The maximum atomic E-state index is 12.8. The number of ether oxygens (including phenoxy) is 2. The average Bonchev–Trinajstić information content (AvgIpc) is 3.53.